The Morgan fingerprint density at radius 2 is 2.12 bits per heavy atom. The number of carbonyl (C=O) groups is 1. The second kappa shape index (κ2) is 6.37. The van der Waals surface area contributed by atoms with Crippen LogP contribution in [0.25, 0.3) is 0 Å². The molecule has 0 saturated carbocycles. The third-order valence-corrected chi connectivity index (χ3v) is 3.55. The van der Waals surface area contributed by atoms with Gasteiger partial charge in [0, 0.05) is 10.5 Å². The van der Waals surface area contributed by atoms with Crippen molar-refractivity contribution in [3.8, 4) is 5.75 Å². The van der Waals surface area contributed by atoms with E-state index in [9.17, 15) is 4.79 Å². The lowest BCUT2D eigenvalue weighted by molar-refractivity contribution is -0.117. The highest BCUT2D eigenvalue weighted by atomic mass is 79.9. The molecule has 0 aliphatic carbocycles. The minimum Gasteiger partial charge on any atom is -0.495 e. The van der Waals surface area contributed by atoms with Gasteiger partial charge in [0.1, 0.15) is 5.75 Å². The fourth-order valence-corrected chi connectivity index (χ4v) is 2.45. The molecule has 17 heavy (non-hydrogen) atoms. The number of nitrogens with two attached hydrogens (primary N) is 1. The summed E-state index contributed by atoms with van der Waals surface area (Å²) in [6, 6.07) is 3.04. The zero-order chi connectivity index (χ0) is 13.0. The van der Waals surface area contributed by atoms with E-state index in [0.29, 0.717) is 17.9 Å². The molecular formula is C11H14Br2N2O2. The van der Waals surface area contributed by atoms with Crippen LogP contribution in [0.1, 0.15) is 13.3 Å². The van der Waals surface area contributed by atoms with Crippen LogP contribution in [0.2, 0.25) is 0 Å². The van der Waals surface area contributed by atoms with Crippen molar-refractivity contribution in [2.75, 3.05) is 12.4 Å². The van der Waals surface area contributed by atoms with Crippen LogP contribution < -0.4 is 15.8 Å². The summed E-state index contributed by atoms with van der Waals surface area (Å²) in [7, 11) is 1.57. The predicted octanol–water partition coefficient (Wildman–Crippen LogP) is 2.90. The molecule has 1 atom stereocenters. The number of nitrogens with one attached hydrogen (secondary N) is 1. The molecule has 0 heterocycles. The third-order valence-electron chi connectivity index (χ3n) is 2.28. The molecule has 4 nitrogen and oxygen atoms in total. The van der Waals surface area contributed by atoms with Crippen LogP contribution in [0.5, 0.6) is 5.75 Å². The zero-order valence-electron chi connectivity index (χ0n) is 9.59. The van der Waals surface area contributed by atoms with E-state index < -0.39 is 6.04 Å². The summed E-state index contributed by atoms with van der Waals surface area (Å²) >= 11 is 6.73. The molecule has 0 fully saturated rings. The van der Waals surface area contributed by atoms with E-state index in [-0.39, 0.29) is 5.91 Å². The Balaban J connectivity index is 2.95. The van der Waals surface area contributed by atoms with E-state index in [2.05, 4.69) is 37.2 Å². The fraction of sp³-hybridized carbons (Fsp3) is 0.364. The Morgan fingerprint density at radius 3 is 2.65 bits per heavy atom. The highest BCUT2D eigenvalue weighted by Gasteiger charge is 2.14. The molecule has 0 saturated heterocycles. The van der Waals surface area contributed by atoms with Crippen molar-refractivity contribution in [3.63, 3.8) is 0 Å². The lowest BCUT2D eigenvalue weighted by Crippen LogP contribution is -2.34. The summed E-state index contributed by atoms with van der Waals surface area (Å²) < 4.78 is 6.73. The number of halogens is 2. The van der Waals surface area contributed by atoms with Gasteiger partial charge in [-0.3, -0.25) is 4.79 Å². The van der Waals surface area contributed by atoms with E-state index in [0.717, 1.165) is 8.95 Å². The first-order chi connectivity index (χ1) is 7.99. The Kier molecular flexibility index (Phi) is 5.42. The summed E-state index contributed by atoms with van der Waals surface area (Å²) in [6.07, 6.45) is 0.594. The second-order valence-electron chi connectivity index (χ2n) is 3.47. The average Bonchev–Trinajstić information content (AvgIpc) is 2.31. The number of hydrogen-bond acceptors (Lipinski definition) is 3. The maximum Gasteiger partial charge on any atom is 0.241 e. The van der Waals surface area contributed by atoms with Crippen LogP contribution in [0.4, 0.5) is 5.69 Å². The third kappa shape index (κ3) is 3.69. The SMILES string of the molecule is CC[C@@H](N)C(=O)Nc1cc(OC)c(Br)cc1Br. The van der Waals surface area contributed by atoms with Crippen molar-refractivity contribution in [1.29, 1.82) is 0 Å². The number of methoxy groups -OCH3 is 1. The molecule has 0 spiro atoms. The molecule has 0 aliphatic heterocycles. The molecule has 0 bridgehead atoms. The minimum absolute atomic E-state index is 0.211. The first kappa shape index (κ1) is 14.5. The minimum atomic E-state index is -0.503. The van der Waals surface area contributed by atoms with Gasteiger partial charge >= 0.3 is 0 Å². The van der Waals surface area contributed by atoms with Gasteiger partial charge in [-0.1, -0.05) is 6.92 Å². The molecular weight excluding hydrogens is 352 g/mol. The van der Waals surface area contributed by atoms with Gasteiger partial charge in [0.2, 0.25) is 5.91 Å². The Bertz CT molecular complexity index is 424. The van der Waals surface area contributed by atoms with Crippen molar-refractivity contribution < 1.29 is 9.53 Å². The number of amides is 1. The number of carbonyl (C=O) groups excluding carboxylic acids is 1. The van der Waals surface area contributed by atoms with Gasteiger partial charge in [-0.15, -0.1) is 0 Å². The molecule has 0 aliphatic rings. The number of benzene rings is 1. The van der Waals surface area contributed by atoms with E-state index in [1.165, 1.54) is 0 Å². The van der Waals surface area contributed by atoms with Crippen LogP contribution in [0.3, 0.4) is 0 Å². The zero-order valence-corrected chi connectivity index (χ0v) is 12.8. The lowest BCUT2D eigenvalue weighted by Gasteiger charge is -2.13. The van der Waals surface area contributed by atoms with Crippen molar-refractivity contribution in [2.24, 2.45) is 5.73 Å². The second-order valence-corrected chi connectivity index (χ2v) is 5.18. The van der Waals surface area contributed by atoms with E-state index in [4.69, 9.17) is 10.5 Å². The average molecular weight is 366 g/mol. The standard InChI is InChI=1S/C11H14Br2N2O2/c1-3-8(14)11(16)15-9-5-10(17-2)7(13)4-6(9)12/h4-5,8H,3,14H2,1-2H3,(H,15,16)/t8-/m1/s1. The maximum atomic E-state index is 11.7. The largest absolute Gasteiger partial charge is 0.495 e. The molecule has 1 aromatic carbocycles. The maximum absolute atomic E-state index is 11.7. The molecule has 0 aromatic heterocycles. The van der Waals surface area contributed by atoms with E-state index in [1.54, 1.807) is 13.2 Å². The van der Waals surface area contributed by atoms with Crippen molar-refractivity contribution in [3.05, 3.63) is 21.1 Å². The topological polar surface area (TPSA) is 64.4 Å². The fourth-order valence-electron chi connectivity index (χ4n) is 1.19. The van der Waals surface area contributed by atoms with Gasteiger partial charge in [0.15, 0.2) is 0 Å². The normalized spacial score (nSPS) is 12.1. The van der Waals surface area contributed by atoms with Gasteiger partial charge in [-0.05, 0) is 44.3 Å². The van der Waals surface area contributed by atoms with Crippen LogP contribution in [-0.4, -0.2) is 19.1 Å². The number of rotatable bonds is 4. The van der Waals surface area contributed by atoms with E-state index in [1.807, 2.05) is 13.0 Å². The Labute approximate surface area is 117 Å². The van der Waals surface area contributed by atoms with Crippen LogP contribution >= 0.6 is 31.9 Å². The molecule has 94 valence electrons. The highest BCUT2D eigenvalue weighted by molar-refractivity contribution is 9.11. The quantitative estimate of drug-likeness (QED) is 0.862. The van der Waals surface area contributed by atoms with Crippen LogP contribution in [-0.2, 0) is 4.79 Å². The number of ether oxygens (including phenoxy) is 1. The molecule has 6 heteroatoms. The van der Waals surface area contributed by atoms with Gasteiger partial charge in [0.05, 0.1) is 23.3 Å². The lowest BCUT2D eigenvalue weighted by atomic mass is 10.2. The molecule has 1 aromatic rings. The molecule has 0 unspecified atom stereocenters. The first-order valence-electron chi connectivity index (χ1n) is 5.09. The molecule has 1 rings (SSSR count). The monoisotopic (exact) mass is 364 g/mol. The van der Waals surface area contributed by atoms with Gasteiger partial charge in [-0.25, -0.2) is 0 Å². The summed E-state index contributed by atoms with van der Waals surface area (Å²) in [5.41, 5.74) is 6.28. The van der Waals surface area contributed by atoms with Gasteiger partial charge in [0.25, 0.3) is 0 Å². The van der Waals surface area contributed by atoms with Crippen LogP contribution in [0.15, 0.2) is 21.1 Å². The van der Waals surface area contributed by atoms with Gasteiger partial charge < -0.3 is 15.8 Å². The van der Waals surface area contributed by atoms with Crippen molar-refractivity contribution in [1.82, 2.24) is 0 Å². The smallest absolute Gasteiger partial charge is 0.241 e. The Hall–Kier alpha value is -0.590. The molecule has 1 amide bonds. The summed E-state index contributed by atoms with van der Waals surface area (Å²) in [6.45, 7) is 1.86. The summed E-state index contributed by atoms with van der Waals surface area (Å²) in [5.74, 6) is 0.436. The first-order valence-corrected chi connectivity index (χ1v) is 6.67. The summed E-state index contributed by atoms with van der Waals surface area (Å²) in [4.78, 5) is 11.7. The Morgan fingerprint density at radius 1 is 1.47 bits per heavy atom. The molecule has 3 N–H and O–H groups in total. The van der Waals surface area contributed by atoms with E-state index >= 15 is 0 Å². The van der Waals surface area contributed by atoms with Gasteiger partial charge in [-0.2, -0.15) is 0 Å². The predicted molar refractivity (Wildman–Crippen MR) is 75.3 cm³/mol. The number of hydrogen-bond donors (Lipinski definition) is 2. The summed E-state index contributed by atoms with van der Waals surface area (Å²) in [5, 5.41) is 2.75. The molecule has 0 radical (unpaired) electrons. The van der Waals surface area contributed by atoms with Crippen molar-refractivity contribution >= 4 is 43.5 Å². The number of anilines is 1. The van der Waals surface area contributed by atoms with Crippen molar-refractivity contribution in [2.45, 2.75) is 19.4 Å². The highest BCUT2D eigenvalue weighted by Crippen LogP contribution is 2.34. The van der Waals surface area contributed by atoms with Crippen LogP contribution in [0, 0.1) is 0 Å².